The van der Waals surface area contributed by atoms with Crippen LogP contribution in [-0.4, -0.2) is 20.0 Å². The van der Waals surface area contributed by atoms with Gasteiger partial charge in [-0.1, -0.05) is 68.4 Å². The smallest absolute Gasteiger partial charge is 0.204 e. The van der Waals surface area contributed by atoms with E-state index >= 15 is 0 Å². The van der Waals surface area contributed by atoms with E-state index in [1.807, 2.05) is 18.2 Å². The standard InChI is InChI=1S/C20H22O2/c1-19(2)17-13-9-8-12-16(17)18(20(19,21-3)22-4)14-15-10-6-5-7-11-15/h5-14H,1-4H3. The summed E-state index contributed by atoms with van der Waals surface area (Å²) in [4.78, 5) is 0. The summed E-state index contributed by atoms with van der Waals surface area (Å²) in [5, 5.41) is 0. The molecule has 0 heterocycles. The fourth-order valence-corrected chi connectivity index (χ4v) is 3.66. The molecule has 3 rings (SSSR count). The molecule has 0 N–H and O–H groups in total. The van der Waals surface area contributed by atoms with E-state index in [4.69, 9.17) is 9.47 Å². The van der Waals surface area contributed by atoms with E-state index < -0.39 is 5.79 Å². The Kier molecular flexibility index (Phi) is 3.67. The van der Waals surface area contributed by atoms with Gasteiger partial charge in [0.2, 0.25) is 5.79 Å². The fourth-order valence-electron chi connectivity index (χ4n) is 3.66. The first kappa shape index (κ1) is 15.0. The van der Waals surface area contributed by atoms with Crippen LogP contribution in [0.4, 0.5) is 0 Å². The minimum absolute atomic E-state index is 0.270. The zero-order chi connectivity index (χ0) is 15.8. The molecule has 0 amide bonds. The lowest BCUT2D eigenvalue weighted by atomic mass is 9.81. The molecule has 22 heavy (non-hydrogen) atoms. The monoisotopic (exact) mass is 294 g/mol. The number of ether oxygens (including phenoxy) is 2. The molecule has 2 heteroatoms. The number of fused-ring (bicyclic) bond motifs is 1. The molecular formula is C20H22O2. The van der Waals surface area contributed by atoms with Crippen LogP contribution in [-0.2, 0) is 14.9 Å². The summed E-state index contributed by atoms with van der Waals surface area (Å²) >= 11 is 0. The van der Waals surface area contributed by atoms with E-state index in [1.165, 1.54) is 11.1 Å². The highest BCUT2D eigenvalue weighted by Crippen LogP contribution is 2.55. The molecule has 0 aromatic heterocycles. The molecule has 0 radical (unpaired) electrons. The highest BCUT2D eigenvalue weighted by molar-refractivity contribution is 5.91. The minimum atomic E-state index is -0.785. The third kappa shape index (κ3) is 1.95. The second-order valence-electron chi connectivity index (χ2n) is 6.16. The van der Waals surface area contributed by atoms with Crippen LogP contribution in [0.3, 0.4) is 0 Å². The van der Waals surface area contributed by atoms with Crippen molar-refractivity contribution < 1.29 is 9.47 Å². The van der Waals surface area contributed by atoms with Crippen LogP contribution in [0, 0.1) is 0 Å². The van der Waals surface area contributed by atoms with Crippen LogP contribution in [0.2, 0.25) is 0 Å². The van der Waals surface area contributed by atoms with Crippen LogP contribution in [0.1, 0.15) is 30.5 Å². The first-order chi connectivity index (χ1) is 10.6. The van der Waals surface area contributed by atoms with Gasteiger partial charge in [-0.2, -0.15) is 0 Å². The molecule has 0 aliphatic heterocycles. The predicted molar refractivity (Wildman–Crippen MR) is 90.5 cm³/mol. The summed E-state index contributed by atoms with van der Waals surface area (Å²) < 4.78 is 11.9. The topological polar surface area (TPSA) is 18.5 Å². The molecule has 1 aliphatic carbocycles. The summed E-state index contributed by atoms with van der Waals surface area (Å²) in [5.41, 5.74) is 4.39. The lowest BCUT2D eigenvalue weighted by Crippen LogP contribution is -2.47. The van der Waals surface area contributed by atoms with Crippen molar-refractivity contribution in [1.82, 2.24) is 0 Å². The summed E-state index contributed by atoms with van der Waals surface area (Å²) in [6.07, 6.45) is 2.17. The zero-order valence-corrected chi connectivity index (χ0v) is 13.6. The highest BCUT2D eigenvalue weighted by atomic mass is 16.7. The Labute approximate surface area is 132 Å². The van der Waals surface area contributed by atoms with Gasteiger partial charge in [-0.05, 0) is 22.8 Å². The number of hydrogen-bond acceptors (Lipinski definition) is 2. The van der Waals surface area contributed by atoms with Crippen molar-refractivity contribution in [3.63, 3.8) is 0 Å². The molecule has 0 unspecified atom stereocenters. The van der Waals surface area contributed by atoms with Crippen molar-refractivity contribution in [3.8, 4) is 0 Å². The molecule has 114 valence electrons. The van der Waals surface area contributed by atoms with Crippen molar-refractivity contribution in [3.05, 3.63) is 71.3 Å². The molecular weight excluding hydrogens is 272 g/mol. The molecule has 2 aromatic rings. The molecule has 0 bridgehead atoms. The maximum Gasteiger partial charge on any atom is 0.204 e. The second kappa shape index (κ2) is 5.38. The number of benzene rings is 2. The largest absolute Gasteiger partial charge is 0.349 e. The summed E-state index contributed by atoms with van der Waals surface area (Å²) in [7, 11) is 3.44. The van der Waals surface area contributed by atoms with Gasteiger partial charge in [-0.25, -0.2) is 0 Å². The summed E-state index contributed by atoms with van der Waals surface area (Å²) in [6, 6.07) is 18.7. The zero-order valence-electron chi connectivity index (χ0n) is 13.6. The number of methoxy groups -OCH3 is 2. The molecule has 2 aromatic carbocycles. The van der Waals surface area contributed by atoms with Crippen LogP contribution in [0.25, 0.3) is 11.6 Å². The Hall–Kier alpha value is -1.90. The molecule has 2 nitrogen and oxygen atoms in total. The highest BCUT2D eigenvalue weighted by Gasteiger charge is 2.56. The molecule has 0 saturated heterocycles. The van der Waals surface area contributed by atoms with Crippen molar-refractivity contribution in [2.24, 2.45) is 0 Å². The fraction of sp³-hybridized carbons (Fsp3) is 0.300. The molecule has 0 atom stereocenters. The Morgan fingerprint density at radius 2 is 1.41 bits per heavy atom. The third-order valence-electron chi connectivity index (χ3n) is 4.75. The van der Waals surface area contributed by atoms with Gasteiger partial charge in [0, 0.05) is 25.2 Å². The quantitative estimate of drug-likeness (QED) is 0.776. The number of hydrogen-bond donors (Lipinski definition) is 0. The van der Waals surface area contributed by atoms with Gasteiger partial charge in [0.1, 0.15) is 0 Å². The van der Waals surface area contributed by atoms with Crippen molar-refractivity contribution in [1.29, 1.82) is 0 Å². The van der Waals surface area contributed by atoms with Gasteiger partial charge in [-0.15, -0.1) is 0 Å². The van der Waals surface area contributed by atoms with E-state index in [1.54, 1.807) is 14.2 Å². The first-order valence-electron chi connectivity index (χ1n) is 7.54. The van der Waals surface area contributed by atoms with Crippen molar-refractivity contribution in [2.45, 2.75) is 25.0 Å². The first-order valence-corrected chi connectivity index (χ1v) is 7.54. The average molecular weight is 294 g/mol. The van der Waals surface area contributed by atoms with E-state index in [2.05, 4.69) is 56.3 Å². The lowest BCUT2D eigenvalue weighted by molar-refractivity contribution is -0.195. The molecule has 0 spiro atoms. The van der Waals surface area contributed by atoms with Gasteiger partial charge in [0.25, 0.3) is 0 Å². The Bertz CT molecular complexity index is 695. The van der Waals surface area contributed by atoms with Crippen LogP contribution in [0.15, 0.2) is 54.6 Å². The van der Waals surface area contributed by atoms with E-state index in [0.717, 1.165) is 11.1 Å². The summed E-state index contributed by atoms with van der Waals surface area (Å²) in [6.45, 7) is 4.34. The van der Waals surface area contributed by atoms with Crippen LogP contribution >= 0.6 is 0 Å². The average Bonchev–Trinajstić information content (AvgIpc) is 2.74. The van der Waals surface area contributed by atoms with E-state index in [-0.39, 0.29) is 5.41 Å². The number of rotatable bonds is 3. The SMILES string of the molecule is COC1(OC)C(=Cc2ccccc2)c2ccccc2C1(C)C. The van der Waals surface area contributed by atoms with Gasteiger partial charge >= 0.3 is 0 Å². The summed E-state index contributed by atoms with van der Waals surface area (Å²) in [5.74, 6) is -0.785. The van der Waals surface area contributed by atoms with Crippen LogP contribution in [0.5, 0.6) is 0 Å². The second-order valence-corrected chi connectivity index (χ2v) is 6.16. The van der Waals surface area contributed by atoms with E-state index in [9.17, 15) is 0 Å². The van der Waals surface area contributed by atoms with Gasteiger partial charge in [0.15, 0.2) is 0 Å². The Morgan fingerprint density at radius 3 is 2.05 bits per heavy atom. The van der Waals surface area contributed by atoms with E-state index in [0.29, 0.717) is 0 Å². The lowest BCUT2D eigenvalue weighted by Gasteiger charge is -2.40. The molecule has 1 aliphatic rings. The maximum atomic E-state index is 5.94. The Morgan fingerprint density at radius 1 is 0.818 bits per heavy atom. The minimum Gasteiger partial charge on any atom is -0.349 e. The van der Waals surface area contributed by atoms with Gasteiger partial charge in [0.05, 0.1) is 0 Å². The maximum absolute atomic E-state index is 5.94. The van der Waals surface area contributed by atoms with Crippen molar-refractivity contribution >= 4 is 11.6 Å². The Balaban J connectivity index is 2.28. The van der Waals surface area contributed by atoms with Crippen LogP contribution < -0.4 is 0 Å². The van der Waals surface area contributed by atoms with Gasteiger partial charge in [-0.3, -0.25) is 0 Å². The molecule has 0 saturated carbocycles. The third-order valence-corrected chi connectivity index (χ3v) is 4.75. The predicted octanol–water partition coefficient (Wildman–Crippen LogP) is 4.51. The molecule has 0 fully saturated rings. The van der Waals surface area contributed by atoms with Crippen molar-refractivity contribution in [2.75, 3.05) is 14.2 Å². The van der Waals surface area contributed by atoms with Gasteiger partial charge < -0.3 is 9.47 Å². The normalized spacial score (nSPS) is 20.1.